The molecule has 1 aromatic carbocycles. The molecule has 16 heavy (non-hydrogen) atoms. The Morgan fingerprint density at radius 2 is 2.00 bits per heavy atom. The van der Waals surface area contributed by atoms with E-state index in [4.69, 9.17) is 10.5 Å². The number of hydrogen-bond donors (Lipinski definition) is 1. The standard InChI is InChI=1S/C11H8N4O/c12-7-6-11(16)10(8-13)15-14-9-4-2-1-3-5-9/h1-5,14H,6H2/b15-10+. The number of ketones is 1. The maximum Gasteiger partial charge on any atom is 0.207 e. The van der Waals surface area contributed by atoms with Crippen molar-refractivity contribution in [2.24, 2.45) is 5.10 Å². The van der Waals surface area contributed by atoms with Gasteiger partial charge in [-0.25, -0.2) is 0 Å². The molecular weight excluding hydrogens is 204 g/mol. The molecule has 0 fully saturated rings. The summed E-state index contributed by atoms with van der Waals surface area (Å²) < 4.78 is 0. The van der Waals surface area contributed by atoms with Gasteiger partial charge in [-0.2, -0.15) is 15.6 Å². The number of carbonyl (C=O) groups is 1. The summed E-state index contributed by atoms with van der Waals surface area (Å²) in [5.41, 5.74) is 2.94. The summed E-state index contributed by atoms with van der Waals surface area (Å²) in [4.78, 5) is 11.2. The lowest BCUT2D eigenvalue weighted by molar-refractivity contribution is -0.112. The first-order chi connectivity index (χ1) is 7.77. The van der Waals surface area contributed by atoms with Crippen LogP contribution in [0.15, 0.2) is 35.4 Å². The van der Waals surface area contributed by atoms with E-state index < -0.39 is 5.78 Å². The topological polar surface area (TPSA) is 89.0 Å². The molecule has 0 saturated heterocycles. The summed E-state index contributed by atoms with van der Waals surface area (Å²) in [6, 6.07) is 12.2. The van der Waals surface area contributed by atoms with Crippen LogP contribution in [0.25, 0.3) is 0 Å². The van der Waals surface area contributed by atoms with Crippen molar-refractivity contribution in [3.05, 3.63) is 30.3 Å². The Bertz CT molecular complexity index is 479. The van der Waals surface area contributed by atoms with Crippen molar-refractivity contribution >= 4 is 17.2 Å². The van der Waals surface area contributed by atoms with Gasteiger partial charge in [-0.3, -0.25) is 10.2 Å². The van der Waals surface area contributed by atoms with Crippen LogP contribution in [0.1, 0.15) is 6.42 Å². The van der Waals surface area contributed by atoms with Crippen molar-refractivity contribution in [1.82, 2.24) is 0 Å². The average molecular weight is 212 g/mol. The van der Waals surface area contributed by atoms with E-state index in [-0.39, 0.29) is 12.1 Å². The molecule has 5 nitrogen and oxygen atoms in total. The number of nitriles is 2. The minimum atomic E-state index is -0.589. The second-order valence-corrected chi connectivity index (χ2v) is 2.81. The SMILES string of the molecule is N#CCC(=O)/C(C#N)=N/Nc1ccccc1. The quantitative estimate of drug-likeness (QED) is 0.604. The maximum absolute atomic E-state index is 11.2. The number of para-hydroxylation sites is 1. The Balaban J connectivity index is 2.73. The third-order valence-electron chi connectivity index (χ3n) is 1.68. The van der Waals surface area contributed by atoms with Gasteiger partial charge in [0.05, 0.1) is 11.8 Å². The number of benzene rings is 1. The highest BCUT2D eigenvalue weighted by Gasteiger charge is 2.09. The van der Waals surface area contributed by atoms with Gasteiger partial charge >= 0.3 is 0 Å². The first kappa shape index (κ1) is 11.4. The predicted octanol–water partition coefficient (Wildman–Crippen LogP) is 1.46. The molecule has 1 N–H and O–H groups in total. The summed E-state index contributed by atoms with van der Waals surface area (Å²) in [6.07, 6.45) is -0.344. The van der Waals surface area contributed by atoms with E-state index in [0.717, 1.165) is 0 Å². The molecule has 0 amide bonds. The minimum absolute atomic E-state index is 0.301. The van der Waals surface area contributed by atoms with Crippen LogP contribution in [-0.4, -0.2) is 11.5 Å². The number of nitrogens with one attached hydrogen (secondary N) is 1. The molecule has 0 aliphatic carbocycles. The highest BCUT2D eigenvalue weighted by atomic mass is 16.1. The van der Waals surface area contributed by atoms with Crippen molar-refractivity contribution in [3.63, 3.8) is 0 Å². The fourth-order valence-corrected chi connectivity index (χ4v) is 0.938. The number of rotatable bonds is 4. The van der Waals surface area contributed by atoms with Gasteiger partial charge in [-0.05, 0) is 12.1 Å². The van der Waals surface area contributed by atoms with Crippen LogP contribution in [0, 0.1) is 22.7 Å². The molecule has 0 saturated carbocycles. The summed E-state index contributed by atoms with van der Waals surface area (Å²) >= 11 is 0. The zero-order chi connectivity index (χ0) is 11.8. The third kappa shape index (κ3) is 3.24. The molecule has 78 valence electrons. The number of hydrazone groups is 1. The third-order valence-corrected chi connectivity index (χ3v) is 1.68. The van der Waals surface area contributed by atoms with Gasteiger partial charge in [0.15, 0.2) is 0 Å². The van der Waals surface area contributed by atoms with Crippen LogP contribution >= 0.6 is 0 Å². The molecule has 0 aromatic heterocycles. The predicted molar refractivity (Wildman–Crippen MR) is 58.3 cm³/mol. The fraction of sp³-hybridized carbons (Fsp3) is 0.0909. The summed E-state index contributed by atoms with van der Waals surface area (Å²) in [7, 11) is 0. The molecule has 0 aliphatic heterocycles. The van der Waals surface area contributed by atoms with E-state index in [9.17, 15) is 4.79 Å². The van der Waals surface area contributed by atoms with Gasteiger partial charge < -0.3 is 0 Å². The zero-order valence-corrected chi connectivity index (χ0v) is 8.34. The van der Waals surface area contributed by atoms with E-state index in [1.165, 1.54) is 0 Å². The summed E-state index contributed by atoms with van der Waals surface area (Å²) in [6.45, 7) is 0. The fourth-order valence-electron chi connectivity index (χ4n) is 0.938. The van der Waals surface area contributed by atoms with Gasteiger partial charge in [0.1, 0.15) is 12.5 Å². The van der Waals surface area contributed by atoms with Crippen LogP contribution in [0.2, 0.25) is 0 Å². The van der Waals surface area contributed by atoms with E-state index in [1.54, 1.807) is 36.4 Å². The van der Waals surface area contributed by atoms with Gasteiger partial charge in [0, 0.05) is 0 Å². The van der Waals surface area contributed by atoms with Crippen LogP contribution in [0.3, 0.4) is 0 Å². The van der Waals surface area contributed by atoms with Gasteiger partial charge in [0.2, 0.25) is 11.5 Å². The molecule has 0 radical (unpaired) electrons. The normalized spacial score (nSPS) is 10.0. The molecule has 0 bridgehead atoms. The Morgan fingerprint density at radius 3 is 2.56 bits per heavy atom. The molecule has 0 heterocycles. The first-order valence-electron chi connectivity index (χ1n) is 4.47. The van der Waals surface area contributed by atoms with Crippen molar-refractivity contribution in [2.45, 2.75) is 6.42 Å². The smallest absolute Gasteiger partial charge is 0.207 e. The molecular formula is C11H8N4O. The Hall–Kier alpha value is -2.66. The maximum atomic E-state index is 11.2. The molecule has 0 aliphatic rings. The second kappa shape index (κ2) is 5.94. The Labute approximate surface area is 92.6 Å². The van der Waals surface area contributed by atoms with E-state index in [0.29, 0.717) is 5.69 Å². The Kier molecular flexibility index (Phi) is 4.24. The molecule has 1 aromatic rings. The molecule has 0 unspecified atom stereocenters. The number of nitrogens with zero attached hydrogens (tertiary/aromatic N) is 3. The highest BCUT2D eigenvalue weighted by molar-refractivity contribution is 6.46. The lowest BCUT2D eigenvalue weighted by Gasteiger charge is -1.99. The van der Waals surface area contributed by atoms with Crippen molar-refractivity contribution in [1.29, 1.82) is 10.5 Å². The Morgan fingerprint density at radius 1 is 1.31 bits per heavy atom. The molecule has 1 rings (SSSR count). The van der Waals surface area contributed by atoms with Gasteiger partial charge in [0.25, 0.3) is 0 Å². The first-order valence-corrected chi connectivity index (χ1v) is 4.47. The van der Waals surface area contributed by atoms with Gasteiger partial charge in [-0.15, -0.1) is 0 Å². The minimum Gasteiger partial charge on any atom is -0.290 e. The second-order valence-electron chi connectivity index (χ2n) is 2.81. The lowest BCUT2D eigenvalue weighted by atomic mass is 10.2. The number of Topliss-reactive ketones (excluding diaryl/α,β-unsaturated/α-hetero) is 1. The van der Waals surface area contributed by atoms with Crippen molar-refractivity contribution in [3.8, 4) is 12.1 Å². The summed E-state index contributed by atoms with van der Waals surface area (Å²) in [5.74, 6) is -0.589. The van der Waals surface area contributed by atoms with Crippen molar-refractivity contribution in [2.75, 3.05) is 5.43 Å². The monoisotopic (exact) mass is 212 g/mol. The molecule has 0 atom stereocenters. The number of anilines is 1. The molecule has 0 spiro atoms. The van der Waals surface area contributed by atoms with Crippen molar-refractivity contribution < 1.29 is 4.79 Å². The largest absolute Gasteiger partial charge is 0.290 e. The van der Waals surface area contributed by atoms with Crippen LogP contribution in [0.4, 0.5) is 5.69 Å². The van der Waals surface area contributed by atoms with E-state index in [2.05, 4.69) is 10.5 Å². The van der Waals surface area contributed by atoms with Crippen LogP contribution < -0.4 is 5.43 Å². The van der Waals surface area contributed by atoms with Gasteiger partial charge in [-0.1, -0.05) is 18.2 Å². The van der Waals surface area contributed by atoms with E-state index >= 15 is 0 Å². The molecule has 5 heteroatoms. The zero-order valence-electron chi connectivity index (χ0n) is 8.34. The summed E-state index contributed by atoms with van der Waals surface area (Å²) in [5, 5.41) is 20.6. The number of hydrogen-bond acceptors (Lipinski definition) is 5. The van der Waals surface area contributed by atoms with Crippen LogP contribution in [0.5, 0.6) is 0 Å². The van der Waals surface area contributed by atoms with E-state index in [1.807, 2.05) is 6.07 Å². The lowest BCUT2D eigenvalue weighted by Crippen LogP contribution is -2.12. The highest BCUT2D eigenvalue weighted by Crippen LogP contribution is 2.04. The van der Waals surface area contributed by atoms with Crippen LogP contribution in [-0.2, 0) is 4.79 Å². The average Bonchev–Trinajstić information content (AvgIpc) is 2.31. The number of carbonyl (C=O) groups excluding carboxylic acids is 1.